The summed E-state index contributed by atoms with van der Waals surface area (Å²) < 4.78 is 1.46. The smallest absolute Gasteiger partial charge is 0.262 e. The topological polar surface area (TPSA) is 104 Å². The van der Waals surface area contributed by atoms with Crippen LogP contribution in [-0.2, 0) is 11.3 Å². The van der Waals surface area contributed by atoms with Gasteiger partial charge in [-0.15, -0.1) is 0 Å². The van der Waals surface area contributed by atoms with E-state index >= 15 is 0 Å². The van der Waals surface area contributed by atoms with E-state index in [2.05, 4.69) is 15.1 Å². The highest BCUT2D eigenvalue weighted by molar-refractivity contribution is 7.99. The van der Waals surface area contributed by atoms with Crippen molar-refractivity contribution in [1.29, 1.82) is 0 Å². The summed E-state index contributed by atoms with van der Waals surface area (Å²) in [6.45, 7) is 0.147. The summed E-state index contributed by atoms with van der Waals surface area (Å²) in [6.07, 6.45) is 1.42. The van der Waals surface area contributed by atoms with Crippen molar-refractivity contribution in [3.05, 3.63) is 46.9 Å². The molecule has 2 heterocycles. The first-order valence-electron chi connectivity index (χ1n) is 7.61. The zero-order chi connectivity index (χ0) is 17.8. The Morgan fingerprint density at radius 3 is 2.84 bits per heavy atom. The molecule has 3 aromatic rings. The van der Waals surface area contributed by atoms with Crippen LogP contribution in [0.4, 0.5) is 5.69 Å². The summed E-state index contributed by atoms with van der Waals surface area (Å²) in [5.41, 5.74) is 0.871. The predicted octanol–water partition coefficient (Wildman–Crippen LogP) is 0.867. The molecule has 2 aromatic heterocycles. The third-order valence-electron chi connectivity index (χ3n) is 3.65. The van der Waals surface area contributed by atoms with Gasteiger partial charge >= 0.3 is 0 Å². The fourth-order valence-corrected chi connectivity index (χ4v) is 3.06. The van der Waals surface area contributed by atoms with Crippen LogP contribution in [0.15, 0.2) is 46.5 Å². The van der Waals surface area contributed by atoms with Crippen LogP contribution >= 0.6 is 11.8 Å². The number of anilines is 1. The van der Waals surface area contributed by atoms with Gasteiger partial charge in [0.05, 0.1) is 25.1 Å². The number of nitrogens with zero attached hydrogens (tertiary/aromatic N) is 4. The lowest BCUT2D eigenvalue weighted by Gasteiger charge is -2.16. The maximum absolute atomic E-state index is 12.3. The minimum Gasteiger partial charge on any atom is -0.394 e. The van der Waals surface area contributed by atoms with Crippen LogP contribution in [0.1, 0.15) is 0 Å². The second kappa shape index (κ2) is 7.49. The molecule has 0 aliphatic heterocycles. The number of benzene rings is 1. The van der Waals surface area contributed by atoms with Crippen LogP contribution in [0.3, 0.4) is 0 Å². The van der Waals surface area contributed by atoms with Crippen LogP contribution in [0.5, 0.6) is 0 Å². The zero-order valence-electron chi connectivity index (χ0n) is 13.5. The number of hydrogen-bond acceptors (Lipinski definition) is 6. The number of carbonyl (C=O) groups is 1. The monoisotopic (exact) mass is 359 g/mol. The van der Waals surface area contributed by atoms with Crippen molar-refractivity contribution in [2.24, 2.45) is 0 Å². The van der Waals surface area contributed by atoms with Gasteiger partial charge in [0.25, 0.3) is 5.56 Å². The number of para-hydroxylation sites is 1. The summed E-state index contributed by atoms with van der Waals surface area (Å²) in [5, 5.41) is 13.8. The molecule has 0 atom stereocenters. The molecule has 0 unspecified atom stereocenters. The Balaban J connectivity index is 1.75. The quantitative estimate of drug-likeness (QED) is 0.500. The van der Waals surface area contributed by atoms with E-state index in [-0.39, 0.29) is 30.4 Å². The van der Waals surface area contributed by atoms with Crippen molar-refractivity contribution in [3.8, 4) is 0 Å². The summed E-state index contributed by atoms with van der Waals surface area (Å²) in [7, 11) is 1.70. The summed E-state index contributed by atoms with van der Waals surface area (Å²) in [6, 6.07) is 9.31. The molecule has 0 bridgehead atoms. The fourth-order valence-electron chi connectivity index (χ4n) is 2.29. The maximum Gasteiger partial charge on any atom is 0.262 e. The van der Waals surface area contributed by atoms with Crippen LogP contribution in [0.2, 0.25) is 0 Å². The first-order valence-corrected chi connectivity index (χ1v) is 8.60. The SMILES string of the molecule is CN(C(=O)CSc1nc2c(cnn2CCO)c(=O)[nH]1)c1ccccc1. The van der Waals surface area contributed by atoms with Gasteiger partial charge in [0.15, 0.2) is 10.8 Å². The number of thioether (sulfide) groups is 1. The summed E-state index contributed by atoms with van der Waals surface area (Å²) in [4.78, 5) is 33.0. The van der Waals surface area contributed by atoms with Gasteiger partial charge in [-0.05, 0) is 12.1 Å². The summed E-state index contributed by atoms with van der Waals surface area (Å²) in [5.74, 6) is 0.0244. The highest BCUT2D eigenvalue weighted by Crippen LogP contribution is 2.17. The number of aliphatic hydroxyl groups is 1. The van der Waals surface area contributed by atoms with Gasteiger partial charge in [-0.1, -0.05) is 30.0 Å². The van der Waals surface area contributed by atoms with Crippen molar-refractivity contribution in [1.82, 2.24) is 19.7 Å². The first-order chi connectivity index (χ1) is 12.1. The first kappa shape index (κ1) is 17.2. The van der Waals surface area contributed by atoms with E-state index in [0.717, 1.165) is 17.4 Å². The second-order valence-corrected chi connectivity index (χ2v) is 6.24. The van der Waals surface area contributed by atoms with E-state index in [1.165, 1.54) is 10.9 Å². The zero-order valence-corrected chi connectivity index (χ0v) is 14.4. The van der Waals surface area contributed by atoms with E-state index < -0.39 is 0 Å². The van der Waals surface area contributed by atoms with Crippen LogP contribution in [0, 0.1) is 0 Å². The largest absolute Gasteiger partial charge is 0.394 e. The molecular weight excluding hydrogens is 342 g/mol. The van der Waals surface area contributed by atoms with Crippen molar-refractivity contribution in [2.45, 2.75) is 11.7 Å². The Hall–Kier alpha value is -2.65. The van der Waals surface area contributed by atoms with Crippen LogP contribution in [0.25, 0.3) is 11.0 Å². The van der Waals surface area contributed by atoms with E-state index in [4.69, 9.17) is 5.11 Å². The fraction of sp³-hybridized carbons (Fsp3) is 0.250. The Kier molecular flexibility index (Phi) is 5.15. The highest BCUT2D eigenvalue weighted by Gasteiger charge is 2.14. The third-order valence-corrected chi connectivity index (χ3v) is 4.50. The van der Waals surface area contributed by atoms with Gasteiger partial charge in [0.2, 0.25) is 5.91 Å². The van der Waals surface area contributed by atoms with Crippen LogP contribution < -0.4 is 10.5 Å². The van der Waals surface area contributed by atoms with E-state index in [9.17, 15) is 9.59 Å². The Morgan fingerprint density at radius 2 is 2.12 bits per heavy atom. The van der Waals surface area contributed by atoms with Gasteiger partial charge in [0, 0.05) is 12.7 Å². The second-order valence-electron chi connectivity index (χ2n) is 5.28. The molecule has 9 heteroatoms. The molecule has 0 saturated heterocycles. The number of aromatic nitrogens is 4. The number of nitrogens with one attached hydrogen (secondary N) is 1. The minimum atomic E-state index is -0.319. The van der Waals surface area contributed by atoms with Gasteiger partial charge in [-0.2, -0.15) is 5.10 Å². The van der Waals surface area contributed by atoms with Crippen molar-refractivity contribution >= 4 is 34.4 Å². The summed E-state index contributed by atoms with van der Waals surface area (Å²) >= 11 is 1.15. The molecule has 25 heavy (non-hydrogen) atoms. The number of rotatable bonds is 6. The molecule has 0 aliphatic rings. The molecule has 2 N–H and O–H groups in total. The van der Waals surface area contributed by atoms with E-state index in [1.54, 1.807) is 11.9 Å². The number of hydrogen-bond donors (Lipinski definition) is 2. The van der Waals surface area contributed by atoms with E-state index in [1.807, 2.05) is 30.3 Å². The molecule has 3 rings (SSSR count). The minimum absolute atomic E-state index is 0.103. The lowest BCUT2D eigenvalue weighted by Crippen LogP contribution is -2.28. The molecule has 0 radical (unpaired) electrons. The van der Waals surface area contributed by atoms with Crippen LogP contribution in [-0.4, -0.2) is 50.2 Å². The third kappa shape index (κ3) is 3.72. The maximum atomic E-state index is 12.3. The molecule has 130 valence electrons. The van der Waals surface area contributed by atoms with Gasteiger partial charge in [0.1, 0.15) is 5.39 Å². The number of aliphatic hydroxyl groups excluding tert-OH is 1. The molecule has 1 amide bonds. The molecular formula is C16H17N5O3S. The Morgan fingerprint density at radius 1 is 1.36 bits per heavy atom. The Bertz CT molecular complexity index is 938. The normalized spacial score (nSPS) is 11.0. The average molecular weight is 359 g/mol. The molecule has 0 saturated carbocycles. The molecule has 0 fully saturated rings. The van der Waals surface area contributed by atoms with Crippen molar-refractivity contribution in [2.75, 3.05) is 24.3 Å². The standard InChI is InChI=1S/C16H17N5O3S/c1-20(11-5-3-2-4-6-11)13(23)10-25-16-18-14-12(15(24)19-16)9-17-21(14)7-8-22/h2-6,9,22H,7-8,10H2,1H3,(H,18,19,24). The van der Waals surface area contributed by atoms with Crippen molar-refractivity contribution < 1.29 is 9.90 Å². The number of aromatic amines is 1. The molecule has 0 aliphatic carbocycles. The van der Waals surface area contributed by atoms with Crippen molar-refractivity contribution in [3.63, 3.8) is 0 Å². The number of carbonyl (C=O) groups excluding carboxylic acids is 1. The van der Waals surface area contributed by atoms with Gasteiger partial charge in [-0.3, -0.25) is 9.59 Å². The molecule has 1 aromatic carbocycles. The van der Waals surface area contributed by atoms with E-state index in [0.29, 0.717) is 16.2 Å². The number of H-pyrrole nitrogens is 1. The highest BCUT2D eigenvalue weighted by atomic mass is 32.2. The number of amides is 1. The van der Waals surface area contributed by atoms with Gasteiger partial charge in [-0.25, -0.2) is 9.67 Å². The number of fused-ring (bicyclic) bond motifs is 1. The lowest BCUT2D eigenvalue weighted by atomic mass is 10.3. The molecule has 0 spiro atoms. The van der Waals surface area contributed by atoms with Gasteiger partial charge < -0.3 is 15.0 Å². The average Bonchev–Trinajstić information content (AvgIpc) is 3.03. The Labute approximate surface area is 147 Å². The molecule has 8 nitrogen and oxygen atoms in total. The predicted molar refractivity (Wildman–Crippen MR) is 95.8 cm³/mol. The lowest BCUT2D eigenvalue weighted by molar-refractivity contribution is -0.115.